The van der Waals surface area contributed by atoms with Gasteiger partial charge in [-0.15, -0.1) is 0 Å². The number of nitrogens with one attached hydrogen (secondary N) is 2. The number of ether oxygens (including phenoxy) is 1. The highest BCUT2D eigenvalue weighted by atomic mass is 16.5. The SMILES string of the molecule is Cc1nc(CNC(=O)Nc2cccc3c2OC(C)(C)C3)oc1C. The minimum absolute atomic E-state index is 0.238. The smallest absolute Gasteiger partial charge is 0.319 e. The first-order chi connectivity index (χ1) is 10.8. The number of hydrogen-bond acceptors (Lipinski definition) is 4. The molecule has 0 radical (unpaired) electrons. The lowest BCUT2D eigenvalue weighted by Gasteiger charge is -2.18. The lowest BCUT2D eigenvalue weighted by Crippen LogP contribution is -2.29. The summed E-state index contributed by atoms with van der Waals surface area (Å²) in [5, 5.41) is 5.57. The Hall–Kier alpha value is -2.50. The second-order valence-corrected chi connectivity index (χ2v) is 6.39. The van der Waals surface area contributed by atoms with Crippen LogP contribution in [0.1, 0.15) is 36.8 Å². The number of rotatable bonds is 3. The van der Waals surface area contributed by atoms with Crippen LogP contribution in [0, 0.1) is 13.8 Å². The number of urea groups is 1. The van der Waals surface area contributed by atoms with E-state index in [9.17, 15) is 4.79 Å². The van der Waals surface area contributed by atoms with Gasteiger partial charge in [0.25, 0.3) is 0 Å². The summed E-state index contributed by atoms with van der Waals surface area (Å²) in [6.07, 6.45) is 0.828. The van der Waals surface area contributed by atoms with Gasteiger partial charge in [-0.3, -0.25) is 0 Å². The van der Waals surface area contributed by atoms with Crippen molar-refractivity contribution in [2.75, 3.05) is 5.32 Å². The van der Waals surface area contributed by atoms with E-state index in [4.69, 9.17) is 9.15 Å². The van der Waals surface area contributed by atoms with Crippen LogP contribution in [0.4, 0.5) is 10.5 Å². The fourth-order valence-corrected chi connectivity index (χ4v) is 2.65. The molecule has 2 amide bonds. The van der Waals surface area contributed by atoms with E-state index < -0.39 is 0 Å². The van der Waals surface area contributed by atoms with Crippen molar-refractivity contribution in [2.24, 2.45) is 0 Å². The summed E-state index contributed by atoms with van der Waals surface area (Å²) in [5.41, 5.74) is 2.36. The number of oxazole rings is 1. The maximum absolute atomic E-state index is 12.1. The number of para-hydroxylation sites is 1. The Morgan fingerprint density at radius 1 is 1.35 bits per heavy atom. The van der Waals surface area contributed by atoms with Gasteiger partial charge in [-0.25, -0.2) is 9.78 Å². The molecule has 2 heterocycles. The van der Waals surface area contributed by atoms with E-state index in [2.05, 4.69) is 15.6 Å². The quantitative estimate of drug-likeness (QED) is 0.911. The van der Waals surface area contributed by atoms with E-state index in [1.807, 2.05) is 45.9 Å². The molecule has 1 aromatic heterocycles. The summed E-state index contributed by atoms with van der Waals surface area (Å²) >= 11 is 0. The van der Waals surface area contributed by atoms with Crippen LogP contribution in [0.25, 0.3) is 0 Å². The molecule has 6 heteroatoms. The minimum Gasteiger partial charge on any atom is -0.485 e. The monoisotopic (exact) mass is 315 g/mol. The molecule has 0 aliphatic carbocycles. The third-order valence-corrected chi connectivity index (χ3v) is 3.81. The highest BCUT2D eigenvalue weighted by Gasteiger charge is 2.31. The maximum Gasteiger partial charge on any atom is 0.319 e. The molecule has 0 bridgehead atoms. The maximum atomic E-state index is 12.1. The van der Waals surface area contributed by atoms with Crippen LogP contribution in [0.2, 0.25) is 0 Å². The van der Waals surface area contributed by atoms with E-state index in [0.29, 0.717) is 11.6 Å². The summed E-state index contributed by atoms with van der Waals surface area (Å²) in [5.74, 6) is 2.00. The van der Waals surface area contributed by atoms with Gasteiger partial charge in [-0.1, -0.05) is 12.1 Å². The summed E-state index contributed by atoms with van der Waals surface area (Å²) in [7, 11) is 0. The number of nitrogens with zero attached hydrogens (tertiary/aromatic N) is 1. The number of aryl methyl sites for hydroxylation is 2. The normalized spacial score (nSPS) is 15.0. The predicted molar refractivity (Wildman–Crippen MR) is 86.7 cm³/mol. The molecule has 0 unspecified atom stereocenters. The number of hydrogen-bond donors (Lipinski definition) is 2. The second-order valence-electron chi connectivity index (χ2n) is 6.39. The molecule has 23 heavy (non-hydrogen) atoms. The van der Waals surface area contributed by atoms with Crippen molar-refractivity contribution in [3.8, 4) is 5.75 Å². The summed E-state index contributed by atoms with van der Waals surface area (Å²) in [6.45, 7) is 8.02. The lowest BCUT2D eigenvalue weighted by molar-refractivity contribution is 0.139. The van der Waals surface area contributed by atoms with Crippen LogP contribution in [0.5, 0.6) is 5.75 Å². The Morgan fingerprint density at radius 2 is 2.13 bits per heavy atom. The summed E-state index contributed by atoms with van der Waals surface area (Å²) in [4.78, 5) is 16.3. The zero-order valence-corrected chi connectivity index (χ0v) is 13.8. The molecule has 0 saturated carbocycles. The van der Waals surface area contributed by atoms with Gasteiger partial charge in [0.15, 0.2) is 0 Å². The Morgan fingerprint density at radius 3 is 2.83 bits per heavy atom. The highest BCUT2D eigenvalue weighted by molar-refractivity contribution is 5.91. The Kier molecular flexibility index (Phi) is 3.75. The summed E-state index contributed by atoms with van der Waals surface area (Å²) in [6, 6.07) is 5.45. The van der Waals surface area contributed by atoms with E-state index in [1.54, 1.807) is 0 Å². The van der Waals surface area contributed by atoms with Crippen LogP contribution < -0.4 is 15.4 Å². The molecule has 0 saturated heterocycles. The molecule has 1 aliphatic heterocycles. The standard InChI is InChI=1S/C17H21N3O3/c1-10-11(2)22-14(19-10)9-18-16(21)20-13-7-5-6-12-8-17(3,4)23-15(12)13/h5-7H,8-9H2,1-4H3,(H2,18,20,21). The molecular weight excluding hydrogens is 294 g/mol. The Balaban J connectivity index is 1.64. The highest BCUT2D eigenvalue weighted by Crippen LogP contribution is 2.40. The van der Waals surface area contributed by atoms with E-state index in [0.717, 1.165) is 29.2 Å². The molecular formula is C17H21N3O3. The third kappa shape index (κ3) is 3.31. The van der Waals surface area contributed by atoms with E-state index >= 15 is 0 Å². The fourth-order valence-electron chi connectivity index (χ4n) is 2.65. The van der Waals surface area contributed by atoms with Crippen molar-refractivity contribution >= 4 is 11.7 Å². The van der Waals surface area contributed by atoms with E-state index in [-0.39, 0.29) is 18.2 Å². The number of benzene rings is 1. The zero-order chi connectivity index (χ0) is 16.6. The van der Waals surface area contributed by atoms with Gasteiger partial charge in [0.2, 0.25) is 5.89 Å². The second kappa shape index (κ2) is 5.61. The number of fused-ring (bicyclic) bond motifs is 1. The molecule has 2 aromatic rings. The number of carbonyl (C=O) groups is 1. The molecule has 3 rings (SSSR count). The average Bonchev–Trinajstić information content (AvgIpc) is 2.95. The van der Waals surface area contributed by atoms with Gasteiger partial charge in [0.1, 0.15) is 17.1 Å². The van der Waals surface area contributed by atoms with Crippen molar-refractivity contribution in [1.29, 1.82) is 0 Å². The van der Waals surface area contributed by atoms with Crippen LogP contribution >= 0.6 is 0 Å². The van der Waals surface area contributed by atoms with Crippen molar-refractivity contribution in [3.63, 3.8) is 0 Å². The van der Waals surface area contributed by atoms with Crippen molar-refractivity contribution in [2.45, 2.75) is 46.3 Å². The zero-order valence-electron chi connectivity index (χ0n) is 13.8. The third-order valence-electron chi connectivity index (χ3n) is 3.81. The largest absolute Gasteiger partial charge is 0.485 e. The Bertz CT molecular complexity index is 730. The van der Waals surface area contributed by atoms with Gasteiger partial charge in [0.05, 0.1) is 17.9 Å². The Labute approximate surface area is 135 Å². The predicted octanol–water partition coefficient (Wildman–Crippen LogP) is 3.33. The number of carbonyl (C=O) groups excluding carboxylic acids is 1. The van der Waals surface area contributed by atoms with Gasteiger partial charge >= 0.3 is 6.03 Å². The van der Waals surface area contributed by atoms with Crippen LogP contribution in [0.15, 0.2) is 22.6 Å². The van der Waals surface area contributed by atoms with E-state index in [1.165, 1.54) is 0 Å². The average molecular weight is 315 g/mol. The first-order valence-electron chi connectivity index (χ1n) is 7.63. The van der Waals surface area contributed by atoms with Crippen LogP contribution in [-0.2, 0) is 13.0 Å². The minimum atomic E-state index is -0.319. The number of aromatic nitrogens is 1. The number of anilines is 1. The van der Waals surface area contributed by atoms with Crippen LogP contribution in [0.3, 0.4) is 0 Å². The molecule has 0 fully saturated rings. The molecule has 122 valence electrons. The first-order valence-corrected chi connectivity index (χ1v) is 7.63. The van der Waals surface area contributed by atoms with Gasteiger partial charge in [-0.05, 0) is 33.8 Å². The lowest BCUT2D eigenvalue weighted by atomic mass is 10.0. The molecule has 0 spiro atoms. The topological polar surface area (TPSA) is 76.4 Å². The summed E-state index contributed by atoms with van der Waals surface area (Å²) < 4.78 is 11.4. The molecule has 1 aromatic carbocycles. The van der Waals surface area contributed by atoms with Gasteiger partial charge < -0.3 is 19.8 Å². The van der Waals surface area contributed by atoms with Gasteiger partial charge in [-0.2, -0.15) is 0 Å². The van der Waals surface area contributed by atoms with Gasteiger partial charge in [0, 0.05) is 12.0 Å². The van der Waals surface area contributed by atoms with Crippen molar-refractivity contribution in [3.05, 3.63) is 41.1 Å². The molecule has 6 nitrogen and oxygen atoms in total. The van der Waals surface area contributed by atoms with Crippen LogP contribution in [-0.4, -0.2) is 16.6 Å². The fraction of sp³-hybridized carbons (Fsp3) is 0.412. The molecule has 2 N–H and O–H groups in total. The number of amides is 2. The van der Waals surface area contributed by atoms with Crippen molar-refractivity contribution < 1.29 is 13.9 Å². The first kappa shape index (κ1) is 15.4. The molecule has 1 aliphatic rings. The van der Waals surface area contributed by atoms with Crippen molar-refractivity contribution in [1.82, 2.24) is 10.3 Å². The molecule has 0 atom stereocenters.